The number of likely N-dealkylation sites (tertiary alicyclic amines) is 1. The highest BCUT2D eigenvalue weighted by atomic mass is 16.2. The fourth-order valence-corrected chi connectivity index (χ4v) is 2.34. The third-order valence-electron chi connectivity index (χ3n) is 3.64. The Kier molecular flexibility index (Phi) is 4.37. The fourth-order valence-electron chi connectivity index (χ4n) is 2.34. The van der Waals surface area contributed by atoms with Crippen LogP contribution in [0.15, 0.2) is 24.3 Å². The molecule has 0 aromatic heterocycles. The average molecular weight is 246 g/mol. The lowest BCUT2D eigenvalue weighted by molar-refractivity contribution is -0.118. The first kappa shape index (κ1) is 13.1. The molecule has 18 heavy (non-hydrogen) atoms. The van der Waals surface area contributed by atoms with Gasteiger partial charge in [-0.3, -0.25) is 4.79 Å². The molecule has 0 saturated carbocycles. The van der Waals surface area contributed by atoms with E-state index in [4.69, 9.17) is 0 Å². The van der Waals surface area contributed by atoms with Crippen LogP contribution in [0.1, 0.15) is 24.8 Å². The van der Waals surface area contributed by atoms with Gasteiger partial charge in [-0.25, -0.2) is 0 Å². The first-order valence-corrected chi connectivity index (χ1v) is 6.72. The molecule has 1 aliphatic heterocycles. The Balaban J connectivity index is 1.85. The lowest BCUT2D eigenvalue weighted by atomic mass is 10.2. The molecule has 3 nitrogen and oxygen atoms in total. The zero-order valence-corrected chi connectivity index (χ0v) is 11.4. The second-order valence-corrected chi connectivity index (χ2v) is 5.09. The number of anilines is 1. The van der Waals surface area contributed by atoms with Crippen molar-refractivity contribution in [3.05, 3.63) is 29.8 Å². The minimum absolute atomic E-state index is 0.200. The van der Waals surface area contributed by atoms with Crippen molar-refractivity contribution in [2.24, 2.45) is 0 Å². The largest absolute Gasteiger partial charge is 0.315 e. The SMILES string of the molecule is Cc1ccc(N(C)C(=O)CCN2CCCC2)cc1. The second kappa shape index (κ2) is 6.01. The Bertz CT molecular complexity index is 393. The van der Waals surface area contributed by atoms with E-state index in [0.717, 1.165) is 25.3 Å². The molecule has 0 unspecified atom stereocenters. The van der Waals surface area contributed by atoms with Gasteiger partial charge >= 0.3 is 0 Å². The van der Waals surface area contributed by atoms with Crippen molar-refractivity contribution >= 4 is 11.6 Å². The smallest absolute Gasteiger partial charge is 0.228 e. The summed E-state index contributed by atoms with van der Waals surface area (Å²) in [4.78, 5) is 16.2. The molecule has 0 N–H and O–H groups in total. The minimum atomic E-state index is 0.200. The van der Waals surface area contributed by atoms with Crippen molar-refractivity contribution in [2.75, 3.05) is 31.6 Å². The number of aryl methyl sites for hydroxylation is 1. The molecule has 1 aromatic rings. The van der Waals surface area contributed by atoms with Crippen LogP contribution in [-0.2, 0) is 4.79 Å². The number of amides is 1. The molecule has 0 atom stereocenters. The van der Waals surface area contributed by atoms with Gasteiger partial charge in [-0.15, -0.1) is 0 Å². The molecule has 0 radical (unpaired) electrons. The normalized spacial score (nSPS) is 15.9. The minimum Gasteiger partial charge on any atom is -0.315 e. The molecule has 0 bridgehead atoms. The number of rotatable bonds is 4. The monoisotopic (exact) mass is 246 g/mol. The van der Waals surface area contributed by atoms with Crippen molar-refractivity contribution in [3.63, 3.8) is 0 Å². The molecule has 2 rings (SSSR count). The maximum Gasteiger partial charge on any atom is 0.228 e. The van der Waals surface area contributed by atoms with Crippen LogP contribution in [0, 0.1) is 6.92 Å². The van der Waals surface area contributed by atoms with E-state index in [1.807, 2.05) is 31.3 Å². The summed E-state index contributed by atoms with van der Waals surface area (Å²) in [7, 11) is 1.86. The zero-order chi connectivity index (χ0) is 13.0. The summed E-state index contributed by atoms with van der Waals surface area (Å²) >= 11 is 0. The van der Waals surface area contributed by atoms with Gasteiger partial charge in [0.2, 0.25) is 5.91 Å². The van der Waals surface area contributed by atoms with Crippen molar-refractivity contribution in [3.8, 4) is 0 Å². The zero-order valence-electron chi connectivity index (χ0n) is 11.4. The van der Waals surface area contributed by atoms with Crippen molar-refractivity contribution < 1.29 is 4.79 Å². The molecule has 98 valence electrons. The average Bonchev–Trinajstić information content (AvgIpc) is 2.89. The number of hydrogen-bond acceptors (Lipinski definition) is 2. The van der Waals surface area contributed by atoms with Gasteiger partial charge in [-0.1, -0.05) is 17.7 Å². The highest BCUT2D eigenvalue weighted by Crippen LogP contribution is 2.15. The van der Waals surface area contributed by atoms with E-state index in [9.17, 15) is 4.79 Å². The van der Waals surface area contributed by atoms with Gasteiger partial charge in [0.25, 0.3) is 0 Å². The number of benzene rings is 1. The molecule has 3 heteroatoms. The molecule has 1 saturated heterocycles. The fraction of sp³-hybridized carbons (Fsp3) is 0.533. The lowest BCUT2D eigenvalue weighted by Gasteiger charge is -2.20. The predicted molar refractivity (Wildman–Crippen MR) is 74.9 cm³/mol. The molecule has 1 amide bonds. The quantitative estimate of drug-likeness (QED) is 0.814. The Morgan fingerprint density at radius 3 is 2.44 bits per heavy atom. The summed E-state index contributed by atoms with van der Waals surface area (Å²) in [5.74, 6) is 0.200. The summed E-state index contributed by atoms with van der Waals surface area (Å²) in [5, 5.41) is 0. The highest BCUT2D eigenvalue weighted by Gasteiger charge is 2.15. The van der Waals surface area contributed by atoms with Crippen LogP contribution in [0.4, 0.5) is 5.69 Å². The van der Waals surface area contributed by atoms with E-state index in [1.165, 1.54) is 18.4 Å². The number of carbonyl (C=O) groups excluding carboxylic acids is 1. The van der Waals surface area contributed by atoms with Gasteiger partial charge in [0, 0.05) is 25.7 Å². The van der Waals surface area contributed by atoms with E-state index in [2.05, 4.69) is 11.8 Å². The molecule has 0 aliphatic carbocycles. The Morgan fingerprint density at radius 1 is 1.22 bits per heavy atom. The lowest BCUT2D eigenvalue weighted by Crippen LogP contribution is -2.31. The summed E-state index contributed by atoms with van der Waals surface area (Å²) in [6, 6.07) is 8.09. The summed E-state index contributed by atoms with van der Waals surface area (Å²) in [5.41, 5.74) is 2.20. The summed E-state index contributed by atoms with van der Waals surface area (Å²) in [6.45, 7) is 5.26. The first-order valence-electron chi connectivity index (χ1n) is 6.72. The van der Waals surface area contributed by atoms with Gasteiger partial charge in [-0.2, -0.15) is 0 Å². The van der Waals surface area contributed by atoms with E-state index in [0.29, 0.717) is 6.42 Å². The Labute approximate surface area is 109 Å². The van der Waals surface area contributed by atoms with Gasteiger partial charge in [0.05, 0.1) is 0 Å². The van der Waals surface area contributed by atoms with E-state index >= 15 is 0 Å². The predicted octanol–water partition coefficient (Wildman–Crippen LogP) is 2.44. The molecule has 1 heterocycles. The van der Waals surface area contributed by atoms with E-state index in [-0.39, 0.29) is 5.91 Å². The maximum atomic E-state index is 12.1. The maximum absolute atomic E-state index is 12.1. The van der Waals surface area contributed by atoms with Crippen LogP contribution in [0.3, 0.4) is 0 Å². The van der Waals surface area contributed by atoms with Crippen molar-refractivity contribution in [1.82, 2.24) is 4.90 Å². The second-order valence-electron chi connectivity index (χ2n) is 5.09. The van der Waals surface area contributed by atoms with Crippen molar-refractivity contribution in [1.29, 1.82) is 0 Å². The molecular formula is C15H22N2O. The highest BCUT2D eigenvalue weighted by molar-refractivity contribution is 5.92. The van der Waals surface area contributed by atoms with Crippen molar-refractivity contribution in [2.45, 2.75) is 26.2 Å². The van der Waals surface area contributed by atoms with Gasteiger partial charge in [0.15, 0.2) is 0 Å². The van der Waals surface area contributed by atoms with E-state index in [1.54, 1.807) is 4.90 Å². The van der Waals surface area contributed by atoms with E-state index < -0.39 is 0 Å². The van der Waals surface area contributed by atoms with Crippen LogP contribution >= 0.6 is 0 Å². The third kappa shape index (κ3) is 3.33. The summed E-state index contributed by atoms with van der Waals surface area (Å²) < 4.78 is 0. The van der Waals surface area contributed by atoms with Crippen LogP contribution in [0.5, 0.6) is 0 Å². The number of carbonyl (C=O) groups is 1. The first-order chi connectivity index (χ1) is 8.66. The van der Waals surface area contributed by atoms with Crippen LogP contribution in [0.2, 0.25) is 0 Å². The molecule has 1 aliphatic rings. The Hall–Kier alpha value is -1.35. The third-order valence-corrected chi connectivity index (χ3v) is 3.64. The Morgan fingerprint density at radius 2 is 1.83 bits per heavy atom. The molecular weight excluding hydrogens is 224 g/mol. The van der Waals surface area contributed by atoms with Gasteiger partial charge in [0.1, 0.15) is 0 Å². The molecule has 0 spiro atoms. The topological polar surface area (TPSA) is 23.6 Å². The molecule has 1 aromatic carbocycles. The standard InChI is InChI=1S/C15H22N2O/c1-13-5-7-14(8-6-13)16(2)15(18)9-12-17-10-3-4-11-17/h5-8H,3-4,9-12H2,1-2H3. The van der Waals surface area contributed by atoms with Crippen LogP contribution in [0.25, 0.3) is 0 Å². The summed E-state index contributed by atoms with van der Waals surface area (Å²) in [6.07, 6.45) is 3.17. The van der Waals surface area contributed by atoms with Gasteiger partial charge < -0.3 is 9.80 Å². The van der Waals surface area contributed by atoms with Gasteiger partial charge in [-0.05, 0) is 45.0 Å². The van der Waals surface area contributed by atoms with Crippen LogP contribution < -0.4 is 4.90 Å². The molecule has 1 fully saturated rings. The number of hydrogen-bond donors (Lipinski definition) is 0. The van der Waals surface area contributed by atoms with Crippen LogP contribution in [-0.4, -0.2) is 37.5 Å². The number of nitrogens with zero attached hydrogens (tertiary/aromatic N) is 2.